The summed E-state index contributed by atoms with van der Waals surface area (Å²) in [4.78, 5) is 12.6. The van der Waals surface area contributed by atoms with Crippen LogP contribution in [0.2, 0.25) is 5.02 Å². The normalized spacial score (nSPS) is 30.9. The van der Waals surface area contributed by atoms with Crippen molar-refractivity contribution in [1.29, 1.82) is 0 Å². The fraction of sp³-hybridized carbons (Fsp3) is 0.435. The number of aliphatic hydroxyl groups excluding tert-OH is 1. The van der Waals surface area contributed by atoms with Crippen molar-refractivity contribution in [3.63, 3.8) is 0 Å². The number of morpholine rings is 1. The lowest BCUT2D eigenvalue weighted by Crippen LogP contribution is -2.54. The number of ether oxygens (including phenoxy) is 1. The molecule has 0 amide bonds. The average Bonchev–Trinajstić information content (AvgIpc) is 3.39. The molecule has 3 aromatic rings. The number of anilines is 1. The molecule has 3 aliphatic rings. The predicted octanol–water partition coefficient (Wildman–Crippen LogP) is 2.91. The number of hydrogen-bond acceptors (Lipinski definition) is 5. The van der Waals surface area contributed by atoms with Gasteiger partial charge in [0.1, 0.15) is 11.4 Å². The number of halogens is 1. The van der Waals surface area contributed by atoms with E-state index in [2.05, 4.69) is 44.0 Å². The summed E-state index contributed by atoms with van der Waals surface area (Å²) in [5, 5.41) is 12.1. The van der Waals surface area contributed by atoms with Gasteiger partial charge in [-0.3, -0.25) is 4.90 Å². The van der Waals surface area contributed by atoms with E-state index in [1.807, 2.05) is 18.3 Å². The molecule has 6 nitrogen and oxygen atoms in total. The third kappa shape index (κ3) is 2.86. The Morgan fingerprint density at radius 1 is 1.20 bits per heavy atom. The summed E-state index contributed by atoms with van der Waals surface area (Å²) in [6.07, 6.45) is 3.74. The number of benzene rings is 1. The molecule has 0 aliphatic carbocycles. The van der Waals surface area contributed by atoms with Gasteiger partial charge in [0.05, 0.1) is 17.7 Å². The van der Waals surface area contributed by atoms with Crippen LogP contribution >= 0.6 is 11.6 Å². The first-order valence-electron chi connectivity index (χ1n) is 10.6. The van der Waals surface area contributed by atoms with Crippen LogP contribution in [0.4, 0.5) is 5.82 Å². The molecule has 30 heavy (non-hydrogen) atoms. The standard InChI is InChI=1S/C23H25ClN4O2/c24-16-4-5-22(26-8-16)28-11-21-18(12-29)19-10-27(13-23(19,14-28)30-21)9-15-2-1-3-20-17(15)6-7-25-20/h1-8,18-19,21,25,29H,9-14H2/t18-,19+,21+,23-/m0/s1. The zero-order valence-electron chi connectivity index (χ0n) is 16.7. The lowest BCUT2D eigenvalue weighted by Gasteiger charge is -2.41. The Bertz CT molecular complexity index is 1070. The highest BCUT2D eigenvalue weighted by molar-refractivity contribution is 6.30. The predicted molar refractivity (Wildman–Crippen MR) is 117 cm³/mol. The number of rotatable bonds is 4. The van der Waals surface area contributed by atoms with E-state index < -0.39 is 0 Å². The molecular weight excluding hydrogens is 400 g/mol. The molecular formula is C23H25ClN4O2. The second-order valence-corrected chi connectivity index (χ2v) is 9.35. The highest BCUT2D eigenvalue weighted by atomic mass is 35.5. The van der Waals surface area contributed by atoms with Crippen LogP contribution in [-0.2, 0) is 11.3 Å². The van der Waals surface area contributed by atoms with Crippen molar-refractivity contribution in [1.82, 2.24) is 14.9 Å². The number of fused-ring (bicyclic) bond motifs is 2. The molecule has 3 fully saturated rings. The molecule has 6 rings (SSSR count). The number of likely N-dealkylation sites (tertiary alicyclic amines) is 1. The number of aromatic amines is 1. The summed E-state index contributed by atoms with van der Waals surface area (Å²) in [5.41, 5.74) is 2.24. The summed E-state index contributed by atoms with van der Waals surface area (Å²) in [6.45, 7) is 4.43. The van der Waals surface area contributed by atoms with E-state index in [0.717, 1.165) is 38.5 Å². The molecule has 5 heterocycles. The Hall–Kier alpha value is -2.12. The summed E-state index contributed by atoms with van der Waals surface area (Å²) in [6, 6.07) is 12.5. The van der Waals surface area contributed by atoms with Crippen molar-refractivity contribution in [2.24, 2.45) is 11.8 Å². The first kappa shape index (κ1) is 18.6. The molecule has 4 atom stereocenters. The molecule has 156 valence electrons. The fourth-order valence-electron chi connectivity index (χ4n) is 5.91. The van der Waals surface area contributed by atoms with Crippen molar-refractivity contribution in [2.75, 3.05) is 37.7 Å². The number of hydrogen-bond donors (Lipinski definition) is 2. The van der Waals surface area contributed by atoms with Gasteiger partial charge in [-0.05, 0) is 29.8 Å². The number of aliphatic hydroxyl groups is 1. The van der Waals surface area contributed by atoms with E-state index in [0.29, 0.717) is 10.9 Å². The van der Waals surface area contributed by atoms with Crippen LogP contribution in [0.25, 0.3) is 10.9 Å². The third-order valence-corrected chi connectivity index (χ3v) is 7.41. The van der Waals surface area contributed by atoms with Crippen molar-refractivity contribution in [3.8, 4) is 0 Å². The molecule has 0 unspecified atom stereocenters. The summed E-state index contributed by atoms with van der Waals surface area (Å²) in [5.74, 6) is 1.42. The maximum atomic E-state index is 10.2. The Balaban J connectivity index is 1.28. The quantitative estimate of drug-likeness (QED) is 0.674. The minimum atomic E-state index is -0.260. The van der Waals surface area contributed by atoms with Gasteiger partial charge in [0.25, 0.3) is 0 Å². The van der Waals surface area contributed by atoms with Gasteiger partial charge in [-0.25, -0.2) is 4.98 Å². The topological polar surface area (TPSA) is 64.6 Å². The third-order valence-electron chi connectivity index (χ3n) is 7.19. The Kier molecular flexibility index (Phi) is 4.32. The van der Waals surface area contributed by atoms with Crippen molar-refractivity contribution in [3.05, 3.63) is 59.4 Å². The molecule has 0 saturated carbocycles. The van der Waals surface area contributed by atoms with E-state index in [9.17, 15) is 5.11 Å². The van der Waals surface area contributed by atoms with Gasteiger partial charge in [0, 0.05) is 67.9 Å². The van der Waals surface area contributed by atoms with Gasteiger partial charge in [-0.2, -0.15) is 0 Å². The smallest absolute Gasteiger partial charge is 0.128 e. The van der Waals surface area contributed by atoms with E-state index >= 15 is 0 Å². The maximum Gasteiger partial charge on any atom is 0.128 e. The lowest BCUT2D eigenvalue weighted by molar-refractivity contribution is -0.0647. The molecule has 1 aromatic carbocycles. The van der Waals surface area contributed by atoms with Crippen LogP contribution in [-0.4, -0.2) is 64.5 Å². The number of H-pyrrole nitrogens is 1. The molecule has 3 saturated heterocycles. The molecule has 7 heteroatoms. The van der Waals surface area contributed by atoms with Gasteiger partial charge in [0.2, 0.25) is 0 Å². The molecule has 3 aliphatic heterocycles. The van der Waals surface area contributed by atoms with E-state index in [4.69, 9.17) is 16.3 Å². The van der Waals surface area contributed by atoms with Crippen LogP contribution in [0.1, 0.15) is 5.56 Å². The number of nitrogens with zero attached hydrogens (tertiary/aromatic N) is 3. The first-order valence-corrected chi connectivity index (χ1v) is 11.0. The van der Waals surface area contributed by atoms with Gasteiger partial charge in [0.15, 0.2) is 0 Å². The number of aromatic nitrogens is 2. The Morgan fingerprint density at radius 3 is 2.97 bits per heavy atom. The van der Waals surface area contributed by atoms with E-state index in [1.165, 1.54) is 16.5 Å². The Morgan fingerprint density at radius 2 is 2.13 bits per heavy atom. The molecule has 2 N–H and O–H groups in total. The van der Waals surface area contributed by atoms with Crippen molar-refractivity contribution >= 4 is 28.3 Å². The molecule has 0 radical (unpaired) electrons. The first-order chi connectivity index (χ1) is 14.6. The number of nitrogens with one attached hydrogen (secondary N) is 1. The van der Waals surface area contributed by atoms with Crippen LogP contribution in [0, 0.1) is 11.8 Å². The molecule has 2 bridgehead atoms. The summed E-state index contributed by atoms with van der Waals surface area (Å²) < 4.78 is 6.62. The SMILES string of the molecule is OC[C@H]1[C@H]2CN(Cc3cccc4[nH]ccc34)C[C@]23CN(c2ccc(Cl)cn2)C[C@H]1O3. The van der Waals surface area contributed by atoms with E-state index in [-0.39, 0.29) is 24.2 Å². The van der Waals surface area contributed by atoms with Gasteiger partial charge >= 0.3 is 0 Å². The van der Waals surface area contributed by atoms with Crippen LogP contribution in [0.15, 0.2) is 48.8 Å². The van der Waals surface area contributed by atoms with Crippen LogP contribution in [0.5, 0.6) is 0 Å². The number of pyridine rings is 1. The van der Waals surface area contributed by atoms with Gasteiger partial charge < -0.3 is 19.7 Å². The second-order valence-electron chi connectivity index (χ2n) is 8.91. The van der Waals surface area contributed by atoms with Gasteiger partial charge in [-0.15, -0.1) is 0 Å². The zero-order valence-corrected chi connectivity index (χ0v) is 17.4. The van der Waals surface area contributed by atoms with Gasteiger partial charge in [-0.1, -0.05) is 23.7 Å². The fourth-order valence-corrected chi connectivity index (χ4v) is 6.02. The highest BCUT2D eigenvalue weighted by Crippen LogP contribution is 2.49. The lowest BCUT2D eigenvalue weighted by atomic mass is 9.83. The van der Waals surface area contributed by atoms with Crippen molar-refractivity contribution in [2.45, 2.75) is 18.2 Å². The summed E-state index contributed by atoms with van der Waals surface area (Å²) >= 11 is 6.04. The van der Waals surface area contributed by atoms with Crippen LogP contribution in [0.3, 0.4) is 0 Å². The zero-order chi connectivity index (χ0) is 20.3. The molecule has 1 spiro atoms. The summed E-state index contributed by atoms with van der Waals surface area (Å²) in [7, 11) is 0. The second kappa shape index (κ2) is 6.95. The largest absolute Gasteiger partial charge is 0.396 e. The van der Waals surface area contributed by atoms with Crippen LogP contribution < -0.4 is 4.90 Å². The molecule has 2 aromatic heterocycles. The van der Waals surface area contributed by atoms with Crippen molar-refractivity contribution < 1.29 is 9.84 Å². The monoisotopic (exact) mass is 424 g/mol. The maximum absolute atomic E-state index is 10.2. The Labute approximate surface area is 180 Å². The minimum absolute atomic E-state index is 0.0430. The van der Waals surface area contributed by atoms with E-state index in [1.54, 1.807) is 6.20 Å². The minimum Gasteiger partial charge on any atom is -0.396 e. The average molecular weight is 425 g/mol. The highest BCUT2D eigenvalue weighted by Gasteiger charge is 2.62.